The van der Waals surface area contributed by atoms with E-state index in [-0.39, 0.29) is 11.9 Å². The van der Waals surface area contributed by atoms with Gasteiger partial charge in [0.05, 0.1) is 7.11 Å². The molecule has 4 N–H and O–H groups in total. The molecule has 1 aromatic carbocycles. The van der Waals surface area contributed by atoms with Crippen molar-refractivity contribution in [3.63, 3.8) is 0 Å². The topological polar surface area (TPSA) is 87.0 Å². The number of hydrogen-bond donors (Lipinski definition) is 2. The summed E-state index contributed by atoms with van der Waals surface area (Å²) in [5.41, 5.74) is 15.9. The van der Waals surface area contributed by atoms with Crippen LogP contribution in [0.25, 0.3) is 0 Å². The monoisotopic (exact) mass is 314 g/mol. The maximum absolute atomic E-state index is 6.09. The Labute approximate surface area is 138 Å². The molecular formula is C18H26N4O. The van der Waals surface area contributed by atoms with Crippen molar-refractivity contribution in [3.8, 4) is 5.75 Å². The lowest BCUT2D eigenvalue weighted by Crippen LogP contribution is -2.10. The molecule has 124 valence electrons. The van der Waals surface area contributed by atoms with Crippen LogP contribution in [0.5, 0.6) is 5.75 Å². The zero-order chi connectivity index (χ0) is 17.0. The first-order valence-electron chi connectivity index (χ1n) is 8.03. The van der Waals surface area contributed by atoms with Crippen molar-refractivity contribution < 1.29 is 4.74 Å². The molecule has 0 spiro atoms. The number of nitrogen functional groups attached to an aromatic ring is 2. The first-order valence-corrected chi connectivity index (χ1v) is 8.03. The van der Waals surface area contributed by atoms with Crippen LogP contribution in [0.1, 0.15) is 55.0 Å². The number of benzene rings is 1. The van der Waals surface area contributed by atoms with Crippen LogP contribution in [0.15, 0.2) is 18.2 Å². The third kappa shape index (κ3) is 3.92. The summed E-state index contributed by atoms with van der Waals surface area (Å²) >= 11 is 0. The molecule has 0 aliphatic carbocycles. The van der Waals surface area contributed by atoms with E-state index < -0.39 is 0 Å². The predicted molar refractivity (Wildman–Crippen MR) is 94.7 cm³/mol. The Morgan fingerprint density at radius 3 is 2.52 bits per heavy atom. The lowest BCUT2D eigenvalue weighted by molar-refractivity contribution is 0.413. The van der Waals surface area contributed by atoms with Crippen LogP contribution in [0.4, 0.5) is 11.8 Å². The average molecular weight is 314 g/mol. The Morgan fingerprint density at radius 2 is 1.91 bits per heavy atom. The molecule has 5 heteroatoms. The minimum Gasteiger partial charge on any atom is -0.497 e. The van der Waals surface area contributed by atoms with E-state index in [1.165, 1.54) is 12.0 Å². The van der Waals surface area contributed by atoms with E-state index in [1.54, 1.807) is 7.11 Å². The van der Waals surface area contributed by atoms with Crippen LogP contribution >= 0.6 is 0 Å². The normalized spacial score (nSPS) is 12.2. The number of anilines is 2. The van der Waals surface area contributed by atoms with E-state index in [2.05, 4.69) is 42.0 Å². The molecule has 1 heterocycles. The fourth-order valence-electron chi connectivity index (χ4n) is 2.91. The molecule has 0 aliphatic heterocycles. The summed E-state index contributed by atoms with van der Waals surface area (Å²) in [7, 11) is 1.69. The Kier molecular flexibility index (Phi) is 5.42. The van der Waals surface area contributed by atoms with Gasteiger partial charge in [-0.2, -0.15) is 4.98 Å². The Balaban J connectivity index is 2.44. The highest BCUT2D eigenvalue weighted by Crippen LogP contribution is 2.33. The zero-order valence-electron chi connectivity index (χ0n) is 14.4. The molecule has 5 nitrogen and oxygen atoms in total. The second-order valence-electron chi connectivity index (χ2n) is 5.91. The van der Waals surface area contributed by atoms with Crippen molar-refractivity contribution in [2.45, 2.75) is 46.0 Å². The molecule has 0 fully saturated rings. The van der Waals surface area contributed by atoms with Gasteiger partial charge in [0.2, 0.25) is 5.95 Å². The van der Waals surface area contributed by atoms with Gasteiger partial charge in [0, 0.05) is 17.2 Å². The van der Waals surface area contributed by atoms with Crippen LogP contribution in [0.3, 0.4) is 0 Å². The van der Waals surface area contributed by atoms with Gasteiger partial charge in [0.15, 0.2) is 0 Å². The molecule has 0 aliphatic rings. The van der Waals surface area contributed by atoms with Gasteiger partial charge in [-0.1, -0.05) is 26.3 Å². The smallest absolute Gasteiger partial charge is 0.222 e. The van der Waals surface area contributed by atoms with E-state index >= 15 is 0 Å². The Hall–Kier alpha value is -2.30. The third-order valence-electron chi connectivity index (χ3n) is 4.16. The van der Waals surface area contributed by atoms with E-state index in [0.717, 1.165) is 35.4 Å². The summed E-state index contributed by atoms with van der Waals surface area (Å²) in [5, 5.41) is 0. The molecule has 0 radical (unpaired) electrons. The summed E-state index contributed by atoms with van der Waals surface area (Å²) in [6.07, 6.45) is 3.37. The van der Waals surface area contributed by atoms with Gasteiger partial charge < -0.3 is 16.2 Å². The van der Waals surface area contributed by atoms with E-state index in [9.17, 15) is 0 Å². The fourth-order valence-corrected chi connectivity index (χ4v) is 2.91. The quantitative estimate of drug-likeness (QED) is 0.852. The molecular weight excluding hydrogens is 288 g/mol. The third-order valence-corrected chi connectivity index (χ3v) is 4.16. The lowest BCUT2D eigenvalue weighted by Gasteiger charge is -2.18. The second kappa shape index (κ2) is 7.31. The molecule has 1 unspecified atom stereocenters. The van der Waals surface area contributed by atoms with Gasteiger partial charge in [0.25, 0.3) is 0 Å². The van der Waals surface area contributed by atoms with Gasteiger partial charge in [-0.3, -0.25) is 0 Å². The van der Waals surface area contributed by atoms with Crippen LogP contribution in [0, 0.1) is 6.92 Å². The number of aryl methyl sites for hydroxylation is 2. The summed E-state index contributed by atoms with van der Waals surface area (Å²) in [6, 6.07) is 6.37. The molecule has 2 rings (SSSR count). The van der Waals surface area contributed by atoms with Crippen molar-refractivity contribution >= 4 is 11.8 Å². The molecule has 0 saturated carbocycles. The number of unbranched alkanes of at least 4 members (excludes halogenated alkanes) is 1. The van der Waals surface area contributed by atoms with Crippen molar-refractivity contribution in [1.82, 2.24) is 9.97 Å². The number of rotatable bonds is 6. The van der Waals surface area contributed by atoms with Crippen molar-refractivity contribution in [3.05, 3.63) is 40.6 Å². The maximum atomic E-state index is 6.09. The molecule has 23 heavy (non-hydrogen) atoms. The van der Waals surface area contributed by atoms with E-state index in [4.69, 9.17) is 16.2 Å². The highest BCUT2D eigenvalue weighted by Gasteiger charge is 2.18. The molecule has 0 saturated heterocycles. The van der Waals surface area contributed by atoms with Gasteiger partial charge in [-0.15, -0.1) is 0 Å². The number of methoxy groups -OCH3 is 1. The highest BCUT2D eigenvalue weighted by atomic mass is 16.5. The summed E-state index contributed by atoms with van der Waals surface area (Å²) in [6.45, 7) is 6.22. The average Bonchev–Trinajstić information content (AvgIpc) is 2.51. The number of hydrogen-bond acceptors (Lipinski definition) is 5. The Morgan fingerprint density at radius 1 is 1.17 bits per heavy atom. The number of nitrogens with zero attached hydrogens (tertiary/aromatic N) is 2. The number of nitrogens with two attached hydrogens (primary N) is 2. The fraction of sp³-hybridized carbons (Fsp3) is 0.444. The van der Waals surface area contributed by atoms with Crippen LogP contribution < -0.4 is 16.2 Å². The number of aromatic nitrogens is 2. The van der Waals surface area contributed by atoms with Gasteiger partial charge in [0.1, 0.15) is 11.6 Å². The maximum Gasteiger partial charge on any atom is 0.222 e. The van der Waals surface area contributed by atoms with Crippen molar-refractivity contribution in [1.29, 1.82) is 0 Å². The van der Waals surface area contributed by atoms with Crippen LogP contribution in [-0.4, -0.2) is 17.1 Å². The van der Waals surface area contributed by atoms with Crippen molar-refractivity contribution in [2.24, 2.45) is 0 Å². The molecule has 2 aromatic rings. The molecule has 1 aromatic heterocycles. The van der Waals surface area contributed by atoms with Gasteiger partial charge in [-0.25, -0.2) is 4.98 Å². The van der Waals surface area contributed by atoms with Gasteiger partial charge in [-0.05, 0) is 43.0 Å². The zero-order valence-corrected chi connectivity index (χ0v) is 14.4. The second-order valence-corrected chi connectivity index (χ2v) is 5.91. The van der Waals surface area contributed by atoms with E-state index in [1.807, 2.05) is 6.92 Å². The Bertz CT molecular complexity index is 662. The first-order chi connectivity index (χ1) is 11.0. The lowest BCUT2D eigenvalue weighted by atomic mass is 9.90. The summed E-state index contributed by atoms with van der Waals surface area (Å²) in [4.78, 5) is 8.36. The predicted octanol–water partition coefficient (Wildman–Crippen LogP) is 3.45. The summed E-state index contributed by atoms with van der Waals surface area (Å²) < 4.78 is 5.46. The van der Waals surface area contributed by atoms with E-state index in [0.29, 0.717) is 5.82 Å². The highest BCUT2D eigenvalue weighted by molar-refractivity contribution is 5.52. The van der Waals surface area contributed by atoms with Crippen molar-refractivity contribution in [2.75, 3.05) is 18.6 Å². The van der Waals surface area contributed by atoms with Gasteiger partial charge >= 0.3 is 0 Å². The summed E-state index contributed by atoms with van der Waals surface area (Å²) in [5.74, 6) is 1.60. The largest absolute Gasteiger partial charge is 0.497 e. The first kappa shape index (κ1) is 17.1. The standard InChI is InChI=1S/C18H26N4O/c1-5-6-7-13-8-14(10-15(9-13)23-4)11(2)16-12(3)21-18(20)22-17(16)19/h8-11H,5-7H2,1-4H3,(H4,19,20,21,22). The SMILES string of the molecule is CCCCc1cc(OC)cc(C(C)c2c(C)nc(N)nc2N)c1. The minimum absolute atomic E-state index is 0.0751. The minimum atomic E-state index is 0.0751. The number of ether oxygens (including phenoxy) is 1. The molecule has 0 amide bonds. The van der Waals surface area contributed by atoms with Crippen LogP contribution in [-0.2, 0) is 6.42 Å². The molecule has 1 atom stereocenters. The van der Waals surface area contributed by atoms with Crippen LogP contribution in [0.2, 0.25) is 0 Å². The molecule has 0 bridgehead atoms.